The molecular weight excluding hydrogens is 282 g/mol. The quantitative estimate of drug-likeness (QED) is 0.727. The minimum absolute atomic E-state index is 0.257. The molecule has 116 valence electrons. The van der Waals surface area contributed by atoms with Crippen LogP contribution < -0.4 is 16.4 Å². The minimum Gasteiger partial charge on any atom is -0.354 e. The minimum atomic E-state index is -0.711. The number of nitrogens with one attached hydrogen (secondary N) is 2. The summed E-state index contributed by atoms with van der Waals surface area (Å²) < 4.78 is 1.78. The molecule has 7 heteroatoms. The van der Waals surface area contributed by atoms with Gasteiger partial charge in [0.1, 0.15) is 6.04 Å². The molecule has 1 heterocycles. The van der Waals surface area contributed by atoms with Crippen LogP contribution in [-0.2, 0) is 11.2 Å². The monoisotopic (exact) mass is 301 g/mol. The molecule has 1 aromatic carbocycles. The van der Waals surface area contributed by atoms with Gasteiger partial charge in [0.15, 0.2) is 0 Å². The number of aromatic nitrogens is 2. The zero-order valence-corrected chi connectivity index (χ0v) is 12.3. The van der Waals surface area contributed by atoms with Gasteiger partial charge in [-0.05, 0) is 37.1 Å². The van der Waals surface area contributed by atoms with E-state index >= 15 is 0 Å². The van der Waals surface area contributed by atoms with E-state index in [-0.39, 0.29) is 5.91 Å². The summed E-state index contributed by atoms with van der Waals surface area (Å²) in [7, 11) is 0. The molecule has 0 saturated heterocycles. The highest BCUT2D eigenvalue weighted by Crippen LogP contribution is 2.08. The lowest BCUT2D eigenvalue weighted by Crippen LogP contribution is -2.47. The van der Waals surface area contributed by atoms with Crippen LogP contribution in [0.1, 0.15) is 12.5 Å². The molecule has 0 saturated carbocycles. The van der Waals surface area contributed by atoms with Gasteiger partial charge in [0.2, 0.25) is 5.91 Å². The number of benzene rings is 1. The fourth-order valence-corrected chi connectivity index (χ4v) is 2.00. The first-order chi connectivity index (χ1) is 10.6. The summed E-state index contributed by atoms with van der Waals surface area (Å²) in [4.78, 5) is 22.3. The number of nitrogens with zero attached hydrogens (tertiary/aromatic N) is 2. The molecule has 0 radical (unpaired) electrons. The van der Waals surface area contributed by atoms with Crippen molar-refractivity contribution in [2.24, 2.45) is 5.73 Å². The molecule has 2 rings (SSSR count). The lowest BCUT2D eigenvalue weighted by atomic mass is 10.1. The van der Waals surface area contributed by atoms with E-state index in [4.69, 9.17) is 5.73 Å². The van der Waals surface area contributed by atoms with Gasteiger partial charge >= 0.3 is 6.03 Å². The van der Waals surface area contributed by atoms with Gasteiger partial charge < -0.3 is 16.4 Å². The Bertz CT molecular complexity index is 622. The molecule has 0 aliphatic heterocycles. The Morgan fingerprint density at radius 3 is 2.64 bits per heavy atom. The van der Waals surface area contributed by atoms with Crippen LogP contribution in [0.2, 0.25) is 0 Å². The highest BCUT2D eigenvalue weighted by molar-refractivity contribution is 5.86. The van der Waals surface area contributed by atoms with Crippen molar-refractivity contribution in [2.45, 2.75) is 19.4 Å². The Balaban J connectivity index is 1.80. The van der Waals surface area contributed by atoms with E-state index in [1.807, 2.05) is 36.5 Å². The average molecular weight is 301 g/mol. The summed E-state index contributed by atoms with van der Waals surface area (Å²) in [6.45, 7) is 2.07. The standard InChI is InChI=1S/C15H19N5O2/c1-11(19-15(16)22)14(21)17-9-7-12-3-5-13(6-4-12)20-10-2-8-18-20/h2-6,8,10-11H,7,9H2,1H3,(H,17,21)(H3,16,19,22)/t11-/m1/s1. The second-order valence-electron chi connectivity index (χ2n) is 4.89. The molecule has 0 unspecified atom stereocenters. The highest BCUT2D eigenvalue weighted by Gasteiger charge is 2.12. The van der Waals surface area contributed by atoms with Crippen LogP contribution in [-0.4, -0.2) is 34.3 Å². The van der Waals surface area contributed by atoms with Crippen molar-refractivity contribution >= 4 is 11.9 Å². The molecule has 0 aliphatic rings. The van der Waals surface area contributed by atoms with Crippen LogP contribution in [0.3, 0.4) is 0 Å². The van der Waals surface area contributed by atoms with Crippen LogP contribution in [0.5, 0.6) is 0 Å². The molecule has 0 spiro atoms. The normalized spacial score (nSPS) is 11.7. The molecular formula is C15H19N5O2. The molecule has 1 aromatic heterocycles. The van der Waals surface area contributed by atoms with E-state index in [9.17, 15) is 9.59 Å². The summed E-state index contributed by atoms with van der Waals surface area (Å²) in [5, 5.41) is 9.24. The number of rotatable bonds is 6. The van der Waals surface area contributed by atoms with Gasteiger partial charge in [0.05, 0.1) is 5.69 Å². The molecule has 0 bridgehead atoms. The van der Waals surface area contributed by atoms with E-state index in [2.05, 4.69) is 15.7 Å². The number of nitrogens with two attached hydrogens (primary N) is 1. The van der Waals surface area contributed by atoms with E-state index in [1.165, 1.54) is 0 Å². The third kappa shape index (κ3) is 4.34. The summed E-state index contributed by atoms with van der Waals surface area (Å²) in [6, 6.07) is 8.45. The molecule has 7 nitrogen and oxygen atoms in total. The Morgan fingerprint density at radius 2 is 2.05 bits per heavy atom. The SMILES string of the molecule is C[C@@H](NC(N)=O)C(=O)NCCc1ccc(-n2cccn2)cc1. The topological polar surface area (TPSA) is 102 Å². The Kier molecular flexibility index (Phi) is 5.13. The lowest BCUT2D eigenvalue weighted by Gasteiger charge is -2.12. The van der Waals surface area contributed by atoms with Crippen molar-refractivity contribution in [1.29, 1.82) is 0 Å². The number of primary amides is 1. The zero-order chi connectivity index (χ0) is 15.9. The van der Waals surface area contributed by atoms with Gasteiger partial charge in [-0.2, -0.15) is 5.10 Å². The fraction of sp³-hybridized carbons (Fsp3) is 0.267. The smallest absolute Gasteiger partial charge is 0.312 e. The fourth-order valence-electron chi connectivity index (χ4n) is 2.00. The molecule has 3 amide bonds. The summed E-state index contributed by atoms with van der Waals surface area (Å²) >= 11 is 0. The first-order valence-corrected chi connectivity index (χ1v) is 6.99. The molecule has 1 atom stereocenters. The summed E-state index contributed by atoms with van der Waals surface area (Å²) in [5.74, 6) is -0.257. The van der Waals surface area contributed by atoms with Crippen molar-refractivity contribution in [1.82, 2.24) is 20.4 Å². The molecule has 2 aromatic rings. The second kappa shape index (κ2) is 7.26. The summed E-state index contributed by atoms with van der Waals surface area (Å²) in [5.41, 5.74) is 7.05. The van der Waals surface area contributed by atoms with Gasteiger partial charge in [0, 0.05) is 18.9 Å². The Hall–Kier alpha value is -2.83. The largest absolute Gasteiger partial charge is 0.354 e. The lowest BCUT2D eigenvalue weighted by molar-refractivity contribution is -0.122. The van der Waals surface area contributed by atoms with Crippen LogP contribution in [0.4, 0.5) is 4.79 Å². The molecule has 0 fully saturated rings. The van der Waals surface area contributed by atoms with Gasteiger partial charge in [-0.1, -0.05) is 12.1 Å². The van der Waals surface area contributed by atoms with Crippen molar-refractivity contribution in [3.63, 3.8) is 0 Å². The van der Waals surface area contributed by atoms with E-state index in [0.29, 0.717) is 13.0 Å². The van der Waals surface area contributed by atoms with Gasteiger partial charge in [-0.15, -0.1) is 0 Å². The van der Waals surface area contributed by atoms with Crippen LogP contribution >= 0.6 is 0 Å². The maximum absolute atomic E-state index is 11.7. The molecule has 4 N–H and O–H groups in total. The average Bonchev–Trinajstić information content (AvgIpc) is 3.01. The van der Waals surface area contributed by atoms with Crippen molar-refractivity contribution in [3.8, 4) is 5.69 Å². The van der Waals surface area contributed by atoms with E-state index in [1.54, 1.807) is 17.8 Å². The first-order valence-electron chi connectivity index (χ1n) is 6.99. The van der Waals surface area contributed by atoms with Crippen molar-refractivity contribution < 1.29 is 9.59 Å². The van der Waals surface area contributed by atoms with Crippen molar-refractivity contribution in [3.05, 3.63) is 48.3 Å². The predicted molar refractivity (Wildman–Crippen MR) is 82.5 cm³/mol. The second-order valence-corrected chi connectivity index (χ2v) is 4.89. The van der Waals surface area contributed by atoms with E-state index in [0.717, 1.165) is 11.3 Å². The van der Waals surface area contributed by atoms with Crippen LogP contribution in [0, 0.1) is 0 Å². The predicted octanol–water partition coefficient (Wildman–Crippen LogP) is 0.588. The summed E-state index contributed by atoms with van der Waals surface area (Å²) in [6.07, 6.45) is 4.31. The van der Waals surface area contributed by atoms with Gasteiger partial charge in [-0.3, -0.25) is 4.79 Å². The first kappa shape index (κ1) is 15.6. The van der Waals surface area contributed by atoms with Crippen LogP contribution in [0.25, 0.3) is 5.69 Å². The third-order valence-electron chi connectivity index (χ3n) is 3.17. The van der Waals surface area contributed by atoms with Crippen LogP contribution in [0.15, 0.2) is 42.7 Å². The zero-order valence-electron chi connectivity index (χ0n) is 12.3. The molecule has 0 aliphatic carbocycles. The van der Waals surface area contributed by atoms with E-state index < -0.39 is 12.1 Å². The Morgan fingerprint density at radius 1 is 1.32 bits per heavy atom. The Labute approximate surface area is 128 Å². The van der Waals surface area contributed by atoms with Gasteiger partial charge in [0.25, 0.3) is 0 Å². The highest BCUT2D eigenvalue weighted by atomic mass is 16.2. The number of hydrogen-bond donors (Lipinski definition) is 3. The number of carbonyl (C=O) groups excluding carboxylic acids is 2. The maximum Gasteiger partial charge on any atom is 0.312 e. The molecule has 22 heavy (non-hydrogen) atoms. The van der Waals surface area contributed by atoms with Crippen molar-refractivity contribution in [2.75, 3.05) is 6.54 Å². The maximum atomic E-state index is 11.7. The number of urea groups is 1. The number of amides is 3. The van der Waals surface area contributed by atoms with Gasteiger partial charge in [-0.25, -0.2) is 9.48 Å². The third-order valence-corrected chi connectivity index (χ3v) is 3.17. The number of hydrogen-bond acceptors (Lipinski definition) is 3. The number of carbonyl (C=O) groups is 2.